The first-order valence-corrected chi connectivity index (χ1v) is 9.08. The summed E-state index contributed by atoms with van der Waals surface area (Å²) in [5, 5.41) is 14.5. The molecule has 31 heavy (non-hydrogen) atoms. The Labute approximate surface area is 177 Å². The second kappa shape index (κ2) is 10.3. The average Bonchev–Trinajstić information content (AvgIpc) is 2.79. The van der Waals surface area contributed by atoms with Crippen molar-refractivity contribution in [3.63, 3.8) is 0 Å². The number of benzene rings is 3. The van der Waals surface area contributed by atoms with Crippen LogP contribution in [0, 0.1) is 10.1 Å². The number of hydrogen-bond donors (Lipinski definition) is 1. The normalized spacial score (nSPS) is 10.5. The van der Waals surface area contributed by atoms with Crippen molar-refractivity contribution in [1.29, 1.82) is 0 Å². The average molecular weight is 419 g/mol. The molecule has 3 aromatic carbocycles. The van der Waals surface area contributed by atoms with Gasteiger partial charge in [-0.3, -0.25) is 14.9 Å². The van der Waals surface area contributed by atoms with Crippen LogP contribution in [0.1, 0.15) is 15.9 Å². The number of nitrogens with zero attached hydrogens (tertiary/aromatic N) is 2. The van der Waals surface area contributed by atoms with E-state index in [9.17, 15) is 19.7 Å². The zero-order valence-electron chi connectivity index (χ0n) is 16.1. The molecule has 0 spiro atoms. The van der Waals surface area contributed by atoms with E-state index >= 15 is 0 Å². The number of ether oxygens (including phenoxy) is 2. The Morgan fingerprint density at radius 1 is 0.968 bits per heavy atom. The molecule has 0 aliphatic carbocycles. The van der Waals surface area contributed by atoms with Crippen molar-refractivity contribution in [2.45, 2.75) is 0 Å². The quantitative estimate of drug-likeness (QED) is 0.197. The highest BCUT2D eigenvalue weighted by Crippen LogP contribution is 2.16. The highest BCUT2D eigenvalue weighted by molar-refractivity contribution is 5.91. The lowest BCUT2D eigenvalue weighted by Crippen LogP contribution is -2.24. The number of amides is 1. The number of hydrogen-bond acceptors (Lipinski definition) is 7. The molecule has 156 valence electrons. The number of carbonyl (C=O) groups excluding carboxylic acids is 2. The molecule has 0 fully saturated rings. The Balaban J connectivity index is 1.52. The lowest BCUT2D eigenvalue weighted by Gasteiger charge is -2.05. The smallest absolute Gasteiger partial charge is 0.343 e. The minimum Gasteiger partial charge on any atom is -0.484 e. The maximum absolute atomic E-state index is 12.2. The van der Waals surface area contributed by atoms with Gasteiger partial charge in [0.2, 0.25) is 0 Å². The topological polar surface area (TPSA) is 120 Å². The summed E-state index contributed by atoms with van der Waals surface area (Å²) in [7, 11) is 0. The van der Waals surface area contributed by atoms with E-state index in [-0.39, 0.29) is 23.6 Å². The van der Waals surface area contributed by atoms with Gasteiger partial charge in [-0.2, -0.15) is 5.10 Å². The predicted molar refractivity (Wildman–Crippen MR) is 112 cm³/mol. The summed E-state index contributed by atoms with van der Waals surface area (Å²) >= 11 is 0. The van der Waals surface area contributed by atoms with Crippen molar-refractivity contribution in [3.8, 4) is 11.5 Å². The van der Waals surface area contributed by atoms with Gasteiger partial charge in [0.05, 0.1) is 16.7 Å². The molecule has 0 saturated heterocycles. The molecule has 9 heteroatoms. The fraction of sp³-hybridized carbons (Fsp3) is 0.0455. The van der Waals surface area contributed by atoms with Crippen LogP contribution < -0.4 is 14.9 Å². The van der Waals surface area contributed by atoms with E-state index in [1.54, 1.807) is 48.5 Å². The van der Waals surface area contributed by atoms with Gasteiger partial charge in [-0.15, -0.1) is 0 Å². The van der Waals surface area contributed by atoms with Gasteiger partial charge in [-0.25, -0.2) is 10.2 Å². The highest BCUT2D eigenvalue weighted by atomic mass is 16.6. The molecule has 1 N–H and O–H groups in total. The van der Waals surface area contributed by atoms with E-state index in [0.29, 0.717) is 11.3 Å². The van der Waals surface area contributed by atoms with Crippen LogP contribution in [0.5, 0.6) is 11.5 Å². The van der Waals surface area contributed by atoms with E-state index in [4.69, 9.17) is 9.47 Å². The van der Waals surface area contributed by atoms with Gasteiger partial charge in [0, 0.05) is 12.1 Å². The number of carbonyl (C=O) groups is 2. The van der Waals surface area contributed by atoms with Crippen LogP contribution >= 0.6 is 0 Å². The molecule has 0 heterocycles. The van der Waals surface area contributed by atoms with Gasteiger partial charge in [-0.1, -0.05) is 30.3 Å². The standard InChI is InChI=1S/C22H17N3O6/c26-21(15-30-19-6-2-1-3-7-19)24-23-14-16-5-4-8-20(13-16)31-22(27)17-9-11-18(12-10-17)25(28)29/h1-14H,15H2,(H,24,26). The second-order valence-electron chi connectivity index (χ2n) is 6.16. The first-order valence-electron chi connectivity index (χ1n) is 9.08. The number of rotatable bonds is 8. The number of non-ortho nitro benzene ring substituents is 1. The van der Waals surface area contributed by atoms with Crippen molar-refractivity contribution in [2.75, 3.05) is 6.61 Å². The van der Waals surface area contributed by atoms with Gasteiger partial charge < -0.3 is 9.47 Å². The van der Waals surface area contributed by atoms with Gasteiger partial charge in [-0.05, 0) is 42.0 Å². The Kier molecular flexibility index (Phi) is 7.04. The number of esters is 1. The lowest BCUT2D eigenvalue weighted by atomic mass is 10.2. The number of nitrogens with one attached hydrogen (secondary N) is 1. The molecule has 0 radical (unpaired) electrons. The first kappa shape index (κ1) is 21.2. The number of nitro groups is 1. The van der Waals surface area contributed by atoms with Gasteiger partial charge in [0.15, 0.2) is 6.61 Å². The second-order valence-corrected chi connectivity index (χ2v) is 6.16. The zero-order valence-corrected chi connectivity index (χ0v) is 16.1. The van der Waals surface area contributed by atoms with E-state index < -0.39 is 16.8 Å². The molecule has 0 atom stereocenters. The molecule has 0 aliphatic rings. The van der Waals surface area contributed by atoms with Gasteiger partial charge >= 0.3 is 5.97 Å². The monoisotopic (exact) mass is 419 g/mol. The molecule has 3 aromatic rings. The maximum Gasteiger partial charge on any atom is 0.343 e. The fourth-order valence-corrected chi connectivity index (χ4v) is 2.42. The summed E-state index contributed by atoms with van der Waals surface area (Å²) in [5.74, 6) is -0.258. The lowest BCUT2D eigenvalue weighted by molar-refractivity contribution is -0.384. The third kappa shape index (κ3) is 6.50. The van der Waals surface area contributed by atoms with E-state index in [1.165, 1.54) is 30.5 Å². The molecule has 3 rings (SSSR count). The molecule has 0 aliphatic heterocycles. The molecule has 0 saturated carbocycles. The molecular formula is C22H17N3O6. The fourth-order valence-electron chi connectivity index (χ4n) is 2.42. The van der Waals surface area contributed by atoms with Crippen LogP contribution in [0.25, 0.3) is 0 Å². The number of hydrazone groups is 1. The molecule has 0 unspecified atom stereocenters. The summed E-state index contributed by atoms with van der Waals surface area (Å²) in [4.78, 5) is 34.1. The minimum atomic E-state index is -0.657. The Hall–Kier alpha value is -4.53. The number of para-hydroxylation sites is 1. The summed E-state index contributed by atoms with van der Waals surface area (Å²) < 4.78 is 10.6. The van der Waals surface area contributed by atoms with Crippen molar-refractivity contribution in [1.82, 2.24) is 5.43 Å². The first-order chi connectivity index (χ1) is 15.0. The SMILES string of the molecule is O=C(COc1ccccc1)NN=Cc1cccc(OC(=O)c2ccc([N+](=O)[O-])cc2)c1. The van der Waals surface area contributed by atoms with Crippen molar-refractivity contribution in [2.24, 2.45) is 5.10 Å². The highest BCUT2D eigenvalue weighted by Gasteiger charge is 2.11. The van der Waals surface area contributed by atoms with Crippen LogP contribution in [-0.2, 0) is 4.79 Å². The zero-order chi connectivity index (χ0) is 22.1. The third-order valence-electron chi connectivity index (χ3n) is 3.90. The molecule has 1 amide bonds. The summed E-state index contributed by atoms with van der Waals surface area (Å²) in [6.07, 6.45) is 1.39. The molecule has 0 bridgehead atoms. The van der Waals surface area contributed by atoms with Crippen LogP contribution in [0.15, 0.2) is 84.0 Å². The van der Waals surface area contributed by atoms with Crippen molar-refractivity contribution >= 4 is 23.8 Å². The summed E-state index contributed by atoms with van der Waals surface area (Å²) in [6, 6.07) is 20.5. The third-order valence-corrected chi connectivity index (χ3v) is 3.90. The summed E-state index contributed by atoms with van der Waals surface area (Å²) in [6.45, 7) is -0.186. The molecule has 9 nitrogen and oxygen atoms in total. The van der Waals surface area contributed by atoms with Crippen molar-refractivity contribution < 1.29 is 24.0 Å². The van der Waals surface area contributed by atoms with Crippen LogP contribution in [0.2, 0.25) is 0 Å². The van der Waals surface area contributed by atoms with Crippen LogP contribution in [-0.4, -0.2) is 29.6 Å². The molecular weight excluding hydrogens is 402 g/mol. The van der Waals surface area contributed by atoms with E-state index in [1.807, 2.05) is 6.07 Å². The Bertz CT molecular complexity index is 1100. The largest absolute Gasteiger partial charge is 0.484 e. The summed E-state index contributed by atoms with van der Waals surface area (Å²) in [5.41, 5.74) is 2.98. The van der Waals surface area contributed by atoms with Crippen molar-refractivity contribution in [3.05, 3.63) is 100 Å². The predicted octanol–water partition coefficient (Wildman–Crippen LogP) is 3.34. The van der Waals surface area contributed by atoms with E-state index in [0.717, 1.165) is 0 Å². The van der Waals surface area contributed by atoms with Crippen LogP contribution in [0.4, 0.5) is 5.69 Å². The number of nitro benzene ring substituents is 1. The maximum atomic E-state index is 12.2. The van der Waals surface area contributed by atoms with Crippen LogP contribution in [0.3, 0.4) is 0 Å². The Morgan fingerprint density at radius 2 is 1.68 bits per heavy atom. The Morgan fingerprint density at radius 3 is 2.39 bits per heavy atom. The molecule has 0 aromatic heterocycles. The van der Waals surface area contributed by atoms with Gasteiger partial charge in [0.1, 0.15) is 11.5 Å². The minimum absolute atomic E-state index is 0.119. The van der Waals surface area contributed by atoms with E-state index in [2.05, 4.69) is 10.5 Å². The van der Waals surface area contributed by atoms with Gasteiger partial charge in [0.25, 0.3) is 11.6 Å².